The monoisotopic (exact) mass is 394 g/mol. The molecule has 0 amide bonds. The number of hydrogen-bond donors (Lipinski definition) is 0. The van der Waals surface area contributed by atoms with E-state index in [2.05, 4.69) is 27.9 Å². The van der Waals surface area contributed by atoms with Crippen LogP contribution in [0.2, 0.25) is 5.02 Å². The van der Waals surface area contributed by atoms with E-state index in [9.17, 15) is 4.79 Å². The van der Waals surface area contributed by atoms with E-state index >= 15 is 0 Å². The molecule has 2 aromatic rings. The van der Waals surface area contributed by atoms with Crippen molar-refractivity contribution in [2.45, 2.75) is 18.9 Å². The van der Waals surface area contributed by atoms with Gasteiger partial charge in [0.1, 0.15) is 0 Å². The van der Waals surface area contributed by atoms with Gasteiger partial charge in [0.25, 0.3) is 5.56 Å². The van der Waals surface area contributed by atoms with E-state index in [1.54, 1.807) is 10.6 Å². The fraction of sp³-hybridized carbons (Fsp3) is 0.389. The van der Waals surface area contributed by atoms with E-state index < -0.39 is 0 Å². The minimum Gasteiger partial charge on any atom is -0.307 e. The molecule has 0 bridgehead atoms. The molecule has 3 nitrogen and oxygen atoms in total. The highest BCUT2D eigenvalue weighted by Crippen LogP contribution is 2.30. The Hall–Kier alpha value is -1.10. The number of rotatable bonds is 6. The smallest absolute Gasteiger partial charge is 0.252 e. The molecule has 5 heteroatoms. The Labute approximate surface area is 150 Å². The maximum Gasteiger partial charge on any atom is 0.252 e. The minimum atomic E-state index is -0.0435. The molecule has 122 valence electrons. The van der Waals surface area contributed by atoms with Crippen molar-refractivity contribution in [1.29, 1.82) is 0 Å². The Morgan fingerprint density at radius 2 is 2.13 bits per heavy atom. The predicted molar refractivity (Wildman–Crippen MR) is 98.2 cm³/mol. The first kappa shape index (κ1) is 16.7. The standard InChI is InChI=1S/C18H20BrClN2O/c1-21(11-13-5-6-13)12-17(14-3-2-4-16(20)9-14)22-8-7-15(19)10-18(22)23/h2-4,7-10,13,17H,5-6,11-12H2,1H3. The molecule has 0 N–H and O–H groups in total. The second kappa shape index (κ2) is 7.20. The average Bonchev–Trinajstić information content (AvgIpc) is 3.29. The van der Waals surface area contributed by atoms with Crippen molar-refractivity contribution in [2.24, 2.45) is 5.92 Å². The predicted octanol–water partition coefficient (Wildman–Crippen LogP) is 4.20. The second-order valence-corrected chi connectivity index (χ2v) is 7.68. The SMILES string of the molecule is CN(CC1CC1)CC(c1cccc(Cl)c1)n1ccc(Br)cc1=O. The van der Waals surface area contributed by atoms with Crippen LogP contribution < -0.4 is 5.56 Å². The molecule has 0 spiro atoms. The van der Waals surface area contributed by atoms with Crippen LogP contribution in [0.5, 0.6) is 0 Å². The van der Waals surface area contributed by atoms with Crippen LogP contribution in [-0.2, 0) is 0 Å². The van der Waals surface area contributed by atoms with Crippen LogP contribution in [0, 0.1) is 5.92 Å². The molecule has 1 aromatic heterocycles. The lowest BCUT2D eigenvalue weighted by atomic mass is 10.1. The molecular formula is C18H20BrClN2O. The maximum absolute atomic E-state index is 12.4. The van der Waals surface area contributed by atoms with Crippen molar-refractivity contribution in [1.82, 2.24) is 9.47 Å². The Kier molecular flexibility index (Phi) is 5.24. The normalized spacial score (nSPS) is 15.8. The van der Waals surface area contributed by atoms with Crippen LogP contribution in [-0.4, -0.2) is 29.6 Å². The van der Waals surface area contributed by atoms with Gasteiger partial charge in [-0.15, -0.1) is 0 Å². The highest BCUT2D eigenvalue weighted by molar-refractivity contribution is 9.10. The van der Waals surface area contributed by atoms with E-state index in [1.807, 2.05) is 36.5 Å². The van der Waals surface area contributed by atoms with Gasteiger partial charge in [0.05, 0.1) is 6.04 Å². The number of likely N-dealkylation sites (N-methyl/N-ethyl adjacent to an activating group) is 1. The molecule has 1 heterocycles. The molecule has 0 aliphatic heterocycles. The van der Waals surface area contributed by atoms with Gasteiger partial charge in [0.15, 0.2) is 0 Å². The number of hydrogen-bond acceptors (Lipinski definition) is 2. The molecule has 1 aliphatic carbocycles. The Bertz CT molecular complexity index is 742. The van der Waals surface area contributed by atoms with Crippen molar-refractivity contribution >= 4 is 27.5 Å². The van der Waals surface area contributed by atoms with Gasteiger partial charge < -0.3 is 9.47 Å². The Morgan fingerprint density at radius 1 is 1.35 bits per heavy atom. The molecule has 1 atom stereocenters. The number of pyridine rings is 1. The van der Waals surface area contributed by atoms with E-state index in [1.165, 1.54) is 12.8 Å². The summed E-state index contributed by atoms with van der Waals surface area (Å²) in [7, 11) is 2.12. The summed E-state index contributed by atoms with van der Waals surface area (Å²) >= 11 is 9.52. The summed E-state index contributed by atoms with van der Waals surface area (Å²) in [5.41, 5.74) is 1.05. The topological polar surface area (TPSA) is 25.2 Å². The molecule has 1 saturated carbocycles. The van der Waals surface area contributed by atoms with Crippen molar-refractivity contribution in [3.05, 3.63) is 68.0 Å². The molecule has 1 fully saturated rings. The van der Waals surface area contributed by atoms with Crippen molar-refractivity contribution < 1.29 is 0 Å². The number of nitrogens with zero attached hydrogens (tertiary/aromatic N) is 2. The number of aromatic nitrogens is 1. The van der Waals surface area contributed by atoms with Gasteiger partial charge in [0.2, 0.25) is 0 Å². The quantitative estimate of drug-likeness (QED) is 0.732. The molecule has 0 radical (unpaired) electrons. The summed E-state index contributed by atoms with van der Waals surface area (Å²) in [6.07, 6.45) is 4.50. The van der Waals surface area contributed by atoms with Crippen molar-refractivity contribution in [3.8, 4) is 0 Å². The minimum absolute atomic E-state index is 0.0100. The van der Waals surface area contributed by atoms with Gasteiger partial charge in [0, 0.05) is 34.8 Å². The van der Waals surface area contributed by atoms with Crippen LogP contribution in [0.4, 0.5) is 0 Å². The molecule has 23 heavy (non-hydrogen) atoms. The highest BCUT2D eigenvalue weighted by atomic mass is 79.9. The molecule has 1 unspecified atom stereocenters. The molecular weight excluding hydrogens is 376 g/mol. The van der Waals surface area contributed by atoms with Crippen LogP contribution in [0.1, 0.15) is 24.4 Å². The van der Waals surface area contributed by atoms with Crippen LogP contribution in [0.25, 0.3) is 0 Å². The molecule has 0 saturated heterocycles. The summed E-state index contributed by atoms with van der Waals surface area (Å²) in [6.45, 7) is 1.88. The van der Waals surface area contributed by atoms with E-state index in [-0.39, 0.29) is 11.6 Å². The zero-order valence-electron chi connectivity index (χ0n) is 13.1. The van der Waals surface area contributed by atoms with Gasteiger partial charge in [-0.1, -0.05) is 39.7 Å². The average molecular weight is 396 g/mol. The van der Waals surface area contributed by atoms with Gasteiger partial charge in [-0.25, -0.2) is 0 Å². The Morgan fingerprint density at radius 3 is 2.78 bits per heavy atom. The first-order chi connectivity index (χ1) is 11.0. The summed E-state index contributed by atoms with van der Waals surface area (Å²) in [4.78, 5) is 14.8. The summed E-state index contributed by atoms with van der Waals surface area (Å²) < 4.78 is 2.59. The van der Waals surface area contributed by atoms with E-state index in [4.69, 9.17) is 11.6 Å². The zero-order chi connectivity index (χ0) is 16.4. The second-order valence-electron chi connectivity index (χ2n) is 6.33. The highest BCUT2D eigenvalue weighted by Gasteiger charge is 2.25. The van der Waals surface area contributed by atoms with Crippen LogP contribution in [0.15, 0.2) is 51.9 Å². The fourth-order valence-electron chi connectivity index (χ4n) is 2.90. The Balaban J connectivity index is 1.93. The molecule has 3 rings (SSSR count). The van der Waals surface area contributed by atoms with Crippen molar-refractivity contribution in [2.75, 3.05) is 20.1 Å². The van der Waals surface area contributed by atoms with Gasteiger partial charge in [-0.05, 0) is 49.6 Å². The first-order valence-corrected chi connectivity index (χ1v) is 9.02. The van der Waals surface area contributed by atoms with E-state index in [0.717, 1.165) is 29.0 Å². The lowest BCUT2D eigenvalue weighted by Crippen LogP contribution is -2.34. The van der Waals surface area contributed by atoms with Crippen molar-refractivity contribution in [3.63, 3.8) is 0 Å². The number of halogens is 2. The van der Waals surface area contributed by atoms with Gasteiger partial charge in [-0.3, -0.25) is 4.79 Å². The van der Waals surface area contributed by atoms with E-state index in [0.29, 0.717) is 5.02 Å². The first-order valence-electron chi connectivity index (χ1n) is 7.84. The van der Waals surface area contributed by atoms with Crippen LogP contribution in [0.3, 0.4) is 0 Å². The lowest BCUT2D eigenvalue weighted by molar-refractivity contribution is 0.282. The third-order valence-electron chi connectivity index (χ3n) is 4.23. The van der Waals surface area contributed by atoms with Gasteiger partial charge in [-0.2, -0.15) is 0 Å². The fourth-order valence-corrected chi connectivity index (χ4v) is 3.41. The number of benzene rings is 1. The third-order valence-corrected chi connectivity index (χ3v) is 4.96. The molecule has 1 aromatic carbocycles. The van der Waals surface area contributed by atoms with Gasteiger partial charge >= 0.3 is 0 Å². The summed E-state index contributed by atoms with van der Waals surface area (Å²) in [5, 5.41) is 0.697. The largest absolute Gasteiger partial charge is 0.307 e. The lowest BCUT2D eigenvalue weighted by Gasteiger charge is -2.26. The molecule has 1 aliphatic rings. The third kappa shape index (κ3) is 4.46. The summed E-state index contributed by atoms with van der Waals surface area (Å²) in [5.74, 6) is 0.821. The zero-order valence-corrected chi connectivity index (χ0v) is 15.4. The van der Waals surface area contributed by atoms with Crippen LogP contribution >= 0.6 is 27.5 Å². The summed E-state index contributed by atoms with van der Waals surface area (Å²) in [6, 6.07) is 11.3. The maximum atomic E-state index is 12.4.